The summed E-state index contributed by atoms with van der Waals surface area (Å²) in [4.78, 5) is 0. The molecule has 0 amide bonds. The Kier molecular flexibility index (Phi) is 2.80. The van der Waals surface area contributed by atoms with Gasteiger partial charge in [-0.25, -0.2) is 0 Å². The molecule has 1 heterocycles. The van der Waals surface area contributed by atoms with Crippen LogP contribution in [0, 0.1) is 0 Å². The Bertz CT molecular complexity index is 760. The van der Waals surface area contributed by atoms with Crippen molar-refractivity contribution >= 4 is 21.8 Å². The van der Waals surface area contributed by atoms with Crippen molar-refractivity contribution < 1.29 is 0 Å². The Morgan fingerprint density at radius 2 is 1.60 bits per heavy atom. The van der Waals surface area contributed by atoms with E-state index in [-0.39, 0.29) is 0 Å². The average Bonchev–Trinajstić information content (AvgIpc) is 2.81. The SMILES string of the molecule is Cn1c2ccccc2c2cc(C3CCCCC3)ccc21. The highest BCUT2D eigenvalue weighted by Crippen LogP contribution is 2.36. The van der Waals surface area contributed by atoms with Crippen LogP contribution in [-0.2, 0) is 7.05 Å². The fraction of sp³-hybridized carbons (Fsp3) is 0.368. The maximum atomic E-state index is 2.45. The molecule has 1 nitrogen and oxygen atoms in total. The number of benzene rings is 2. The van der Waals surface area contributed by atoms with Crippen molar-refractivity contribution in [3.8, 4) is 0 Å². The summed E-state index contributed by atoms with van der Waals surface area (Å²) in [6, 6.07) is 15.9. The fourth-order valence-corrected chi connectivity index (χ4v) is 3.88. The van der Waals surface area contributed by atoms with Gasteiger partial charge in [-0.1, -0.05) is 43.5 Å². The van der Waals surface area contributed by atoms with Gasteiger partial charge in [-0.2, -0.15) is 0 Å². The van der Waals surface area contributed by atoms with Crippen molar-refractivity contribution in [2.75, 3.05) is 0 Å². The third-order valence-electron chi connectivity index (χ3n) is 5.01. The normalized spacial score (nSPS) is 17.1. The Morgan fingerprint density at radius 1 is 0.850 bits per heavy atom. The Balaban J connectivity index is 1.92. The predicted molar refractivity (Wildman–Crippen MR) is 86.3 cm³/mol. The number of fused-ring (bicyclic) bond motifs is 3. The first-order valence-corrected chi connectivity index (χ1v) is 7.81. The maximum Gasteiger partial charge on any atom is 0.0488 e. The minimum Gasteiger partial charge on any atom is -0.344 e. The largest absolute Gasteiger partial charge is 0.344 e. The Hall–Kier alpha value is -1.76. The summed E-state index contributed by atoms with van der Waals surface area (Å²) in [6.07, 6.45) is 6.97. The maximum absolute atomic E-state index is 2.45. The van der Waals surface area contributed by atoms with Crippen LogP contribution in [-0.4, -0.2) is 4.57 Å². The molecule has 0 radical (unpaired) electrons. The third-order valence-corrected chi connectivity index (χ3v) is 5.01. The van der Waals surface area contributed by atoms with Gasteiger partial charge in [0.2, 0.25) is 0 Å². The van der Waals surface area contributed by atoms with Crippen LogP contribution in [0.3, 0.4) is 0 Å². The number of aryl methyl sites for hydroxylation is 1. The summed E-state index contributed by atoms with van der Waals surface area (Å²) in [6.45, 7) is 0. The number of para-hydroxylation sites is 1. The highest BCUT2D eigenvalue weighted by molar-refractivity contribution is 6.08. The lowest BCUT2D eigenvalue weighted by molar-refractivity contribution is 0.444. The van der Waals surface area contributed by atoms with Crippen molar-refractivity contribution in [2.45, 2.75) is 38.0 Å². The van der Waals surface area contributed by atoms with E-state index in [1.54, 1.807) is 5.56 Å². The topological polar surface area (TPSA) is 4.93 Å². The molecular formula is C19H21N. The van der Waals surface area contributed by atoms with E-state index in [4.69, 9.17) is 0 Å². The summed E-state index contributed by atoms with van der Waals surface area (Å²) in [7, 11) is 2.17. The fourth-order valence-electron chi connectivity index (χ4n) is 3.88. The molecule has 1 aliphatic rings. The Morgan fingerprint density at radius 3 is 2.45 bits per heavy atom. The molecule has 2 aromatic carbocycles. The molecule has 1 aliphatic carbocycles. The minimum absolute atomic E-state index is 0.784. The van der Waals surface area contributed by atoms with Gasteiger partial charge in [0.1, 0.15) is 0 Å². The van der Waals surface area contributed by atoms with E-state index in [1.165, 1.54) is 53.9 Å². The molecule has 20 heavy (non-hydrogen) atoms. The summed E-state index contributed by atoms with van der Waals surface area (Å²) in [5, 5.41) is 2.81. The minimum atomic E-state index is 0.784. The highest BCUT2D eigenvalue weighted by atomic mass is 14.9. The first-order chi connectivity index (χ1) is 9.84. The molecule has 0 atom stereocenters. The van der Waals surface area contributed by atoms with Gasteiger partial charge in [0, 0.05) is 28.9 Å². The highest BCUT2D eigenvalue weighted by Gasteiger charge is 2.17. The first-order valence-electron chi connectivity index (χ1n) is 7.81. The quantitative estimate of drug-likeness (QED) is 0.555. The van der Waals surface area contributed by atoms with E-state index in [2.05, 4.69) is 54.1 Å². The number of nitrogens with zero attached hydrogens (tertiary/aromatic N) is 1. The molecule has 0 N–H and O–H groups in total. The molecule has 0 spiro atoms. The van der Waals surface area contributed by atoms with Gasteiger partial charge in [-0.3, -0.25) is 0 Å². The molecule has 4 rings (SSSR count). The number of hydrogen-bond acceptors (Lipinski definition) is 0. The molecule has 0 aliphatic heterocycles. The van der Waals surface area contributed by atoms with Crippen LogP contribution in [0.2, 0.25) is 0 Å². The smallest absolute Gasteiger partial charge is 0.0488 e. The van der Waals surface area contributed by atoms with Crippen molar-refractivity contribution in [1.29, 1.82) is 0 Å². The second-order valence-electron chi connectivity index (χ2n) is 6.19. The molecule has 1 fully saturated rings. The zero-order valence-electron chi connectivity index (χ0n) is 12.1. The van der Waals surface area contributed by atoms with Crippen molar-refractivity contribution in [1.82, 2.24) is 4.57 Å². The van der Waals surface area contributed by atoms with Crippen molar-refractivity contribution in [2.24, 2.45) is 7.05 Å². The second-order valence-corrected chi connectivity index (χ2v) is 6.19. The molecule has 102 valence electrons. The summed E-state index contributed by atoms with van der Waals surface area (Å²) in [5.41, 5.74) is 4.24. The lowest BCUT2D eigenvalue weighted by atomic mass is 9.84. The van der Waals surface area contributed by atoms with E-state index in [0.717, 1.165) is 5.92 Å². The molecule has 0 bridgehead atoms. The molecule has 3 aromatic rings. The predicted octanol–water partition coefficient (Wildman–Crippen LogP) is 5.38. The van der Waals surface area contributed by atoms with E-state index in [1.807, 2.05) is 0 Å². The van der Waals surface area contributed by atoms with Crippen LogP contribution < -0.4 is 0 Å². The average molecular weight is 263 g/mol. The van der Waals surface area contributed by atoms with Gasteiger partial charge in [0.05, 0.1) is 0 Å². The zero-order valence-corrected chi connectivity index (χ0v) is 12.1. The van der Waals surface area contributed by atoms with Crippen LogP contribution in [0.5, 0.6) is 0 Å². The van der Waals surface area contributed by atoms with Crippen LogP contribution in [0.1, 0.15) is 43.6 Å². The second kappa shape index (κ2) is 4.66. The van der Waals surface area contributed by atoms with Gasteiger partial charge in [-0.15, -0.1) is 0 Å². The molecular weight excluding hydrogens is 242 g/mol. The van der Waals surface area contributed by atoms with E-state index in [9.17, 15) is 0 Å². The van der Waals surface area contributed by atoms with Crippen molar-refractivity contribution in [3.63, 3.8) is 0 Å². The van der Waals surface area contributed by atoms with Crippen molar-refractivity contribution in [3.05, 3.63) is 48.0 Å². The monoisotopic (exact) mass is 263 g/mol. The van der Waals surface area contributed by atoms with E-state index >= 15 is 0 Å². The summed E-state index contributed by atoms with van der Waals surface area (Å²) < 4.78 is 2.31. The lowest BCUT2D eigenvalue weighted by Crippen LogP contribution is -2.04. The lowest BCUT2D eigenvalue weighted by Gasteiger charge is -2.22. The van der Waals surface area contributed by atoms with Crippen LogP contribution in [0.25, 0.3) is 21.8 Å². The number of aromatic nitrogens is 1. The van der Waals surface area contributed by atoms with Gasteiger partial charge >= 0.3 is 0 Å². The number of hydrogen-bond donors (Lipinski definition) is 0. The Labute approximate surface area is 120 Å². The van der Waals surface area contributed by atoms with E-state index in [0.29, 0.717) is 0 Å². The van der Waals surface area contributed by atoms with Gasteiger partial charge in [0.15, 0.2) is 0 Å². The van der Waals surface area contributed by atoms with E-state index < -0.39 is 0 Å². The van der Waals surface area contributed by atoms with Crippen LogP contribution in [0.15, 0.2) is 42.5 Å². The molecule has 1 aromatic heterocycles. The van der Waals surface area contributed by atoms with Gasteiger partial charge < -0.3 is 4.57 Å². The molecule has 1 heteroatoms. The third kappa shape index (κ3) is 1.76. The van der Waals surface area contributed by atoms with Gasteiger partial charge in [-0.05, 0) is 42.5 Å². The summed E-state index contributed by atoms with van der Waals surface area (Å²) in [5.74, 6) is 0.784. The van der Waals surface area contributed by atoms with Crippen LogP contribution in [0.4, 0.5) is 0 Å². The zero-order chi connectivity index (χ0) is 13.5. The van der Waals surface area contributed by atoms with Gasteiger partial charge in [0.25, 0.3) is 0 Å². The number of rotatable bonds is 1. The van der Waals surface area contributed by atoms with Crippen LogP contribution >= 0.6 is 0 Å². The standard InChI is InChI=1S/C19H21N/c1-20-18-10-6-5-9-16(18)17-13-15(11-12-19(17)20)14-7-3-2-4-8-14/h5-6,9-14H,2-4,7-8H2,1H3. The molecule has 1 saturated carbocycles. The first kappa shape index (κ1) is 12.0. The molecule has 0 unspecified atom stereocenters. The summed E-state index contributed by atoms with van der Waals surface area (Å²) >= 11 is 0. The molecule has 0 saturated heterocycles.